The predicted octanol–water partition coefficient (Wildman–Crippen LogP) is 3.73. The van der Waals surface area contributed by atoms with E-state index in [1.54, 1.807) is 13.8 Å². The van der Waals surface area contributed by atoms with Crippen molar-refractivity contribution in [2.24, 2.45) is 0 Å². The predicted molar refractivity (Wildman–Crippen MR) is 60.9 cm³/mol. The Hall–Kier alpha value is -0.770. The Labute approximate surface area is 99.3 Å². The van der Waals surface area contributed by atoms with Crippen molar-refractivity contribution in [2.45, 2.75) is 20.0 Å². The second-order valence-corrected chi connectivity index (χ2v) is 5.36. The van der Waals surface area contributed by atoms with Crippen molar-refractivity contribution in [3.63, 3.8) is 0 Å². The van der Waals surface area contributed by atoms with Gasteiger partial charge >= 0.3 is 7.60 Å². The zero-order valence-corrected chi connectivity index (χ0v) is 10.7. The van der Waals surface area contributed by atoms with Crippen LogP contribution in [0.1, 0.15) is 19.4 Å². The van der Waals surface area contributed by atoms with Crippen molar-refractivity contribution in [1.82, 2.24) is 0 Å². The van der Waals surface area contributed by atoms with Crippen LogP contribution in [0.15, 0.2) is 18.2 Å². The maximum absolute atomic E-state index is 13.4. The summed E-state index contributed by atoms with van der Waals surface area (Å²) < 4.78 is 48.9. The van der Waals surface area contributed by atoms with Gasteiger partial charge < -0.3 is 9.05 Å². The van der Waals surface area contributed by atoms with E-state index in [4.69, 9.17) is 9.05 Å². The zero-order chi connectivity index (χ0) is 12.9. The third-order valence-corrected chi connectivity index (χ3v) is 4.07. The zero-order valence-electron chi connectivity index (χ0n) is 9.78. The summed E-state index contributed by atoms with van der Waals surface area (Å²) in [4.78, 5) is 0. The molecule has 0 N–H and O–H groups in total. The molecule has 17 heavy (non-hydrogen) atoms. The Bertz CT molecular complexity index is 393. The molecule has 0 bridgehead atoms. The van der Waals surface area contributed by atoms with Crippen LogP contribution in [0.5, 0.6) is 0 Å². The molecule has 1 aromatic carbocycles. The van der Waals surface area contributed by atoms with Crippen LogP contribution in [0.25, 0.3) is 0 Å². The topological polar surface area (TPSA) is 35.5 Å². The normalized spacial score (nSPS) is 11.8. The lowest BCUT2D eigenvalue weighted by molar-refractivity contribution is 0.218. The van der Waals surface area contributed by atoms with Gasteiger partial charge in [0.25, 0.3) is 0 Å². The fourth-order valence-corrected chi connectivity index (χ4v) is 3.13. The van der Waals surface area contributed by atoms with Gasteiger partial charge in [-0.1, -0.05) is 6.07 Å². The first-order valence-electron chi connectivity index (χ1n) is 5.33. The Kier molecular flexibility index (Phi) is 5.25. The molecule has 0 fully saturated rings. The van der Waals surface area contributed by atoms with E-state index in [1.807, 2.05) is 0 Å². The Morgan fingerprint density at radius 3 is 2.00 bits per heavy atom. The summed E-state index contributed by atoms with van der Waals surface area (Å²) in [6.07, 6.45) is -0.396. The van der Waals surface area contributed by atoms with Crippen LogP contribution >= 0.6 is 7.60 Å². The third kappa shape index (κ3) is 3.87. The summed E-state index contributed by atoms with van der Waals surface area (Å²) >= 11 is 0. The molecule has 0 spiro atoms. The lowest BCUT2D eigenvalue weighted by Gasteiger charge is -2.17. The van der Waals surface area contributed by atoms with Crippen molar-refractivity contribution in [3.05, 3.63) is 35.4 Å². The van der Waals surface area contributed by atoms with Gasteiger partial charge in [0.15, 0.2) is 0 Å². The van der Waals surface area contributed by atoms with Gasteiger partial charge in [-0.2, -0.15) is 0 Å². The molecule has 0 amide bonds. The molecule has 0 aromatic heterocycles. The summed E-state index contributed by atoms with van der Waals surface area (Å²) in [6, 6.07) is 3.47. The van der Waals surface area contributed by atoms with Crippen molar-refractivity contribution >= 4 is 7.60 Å². The molecule has 0 radical (unpaired) electrons. The average Bonchev–Trinajstić information content (AvgIpc) is 2.24. The minimum atomic E-state index is -3.48. The molecule has 1 rings (SSSR count). The van der Waals surface area contributed by atoms with Crippen LogP contribution in [-0.4, -0.2) is 13.2 Å². The van der Waals surface area contributed by atoms with Crippen molar-refractivity contribution < 1.29 is 22.4 Å². The van der Waals surface area contributed by atoms with Crippen LogP contribution < -0.4 is 0 Å². The maximum Gasteiger partial charge on any atom is 0.335 e. The Morgan fingerprint density at radius 1 is 1.12 bits per heavy atom. The highest BCUT2D eigenvalue weighted by molar-refractivity contribution is 7.53. The monoisotopic (exact) mass is 264 g/mol. The largest absolute Gasteiger partial charge is 0.335 e. The lowest BCUT2D eigenvalue weighted by Crippen LogP contribution is -2.02. The highest BCUT2D eigenvalue weighted by Gasteiger charge is 2.27. The minimum Gasteiger partial charge on any atom is -0.309 e. The van der Waals surface area contributed by atoms with E-state index in [0.717, 1.165) is 12.1 Å². The van der Waals surface area contributed by atoms with E-state index >= 15 is 0 Å². The van der Waals surface area contributed by atoms with E-state index < -0.39 is 25.4 Å². The molecule has 0 aliphatic carbocycles. The summed E-state index contributed by atoms with van der Waals surface area (Å²) in [5.41, 5.74) is -0.266. The highest BCUT2D eigenvalue weighted by atomic mass is 31.2. The second kappa shape index (κ2) is 6.24. The molecular weight excluding hydrogens is 249 g/mol. The molecule has 0 saturated heterocycles. The van der Waals surface area contributed by atoms with E-state index in [9.17, 15) is 13.3 Å². The number of hydrogen-bond acceptors (Lipinski definition) is 3. The Morgan fingerprint density at radius 2 is 1.59 bits per heavy atom. The maximum atomic E-state index is 13.4. The van der Waals surface area contributed by atoms with Gasteiger partial charge in [0.05, 0.1) is 19.4 Å². The van der Waals surface area contributed by atoms with Gasteiger partial charge in [0.1, 0.15) is 11.6 Å². The molecule has 0 unspecified atom stereocenters. The third-order valence-electron chi connectivity index (χ3n) is 2.07. The summed E-state index contributed by atoms with van der Waals surface area (Å²) in [5.74, 6) is -1.49. The highest BCUT2D eigenvalue weighted by Crippen LogP contribution is 2.51. The average molecular weight is 264 g/mol. The van der Waals surface area contributed by atoms with Crippen molar-refractivity contribution in [2.75, 3.05) is 13.2 Å². The number of hydrogen-bond donors (Lipinski definition) is 0. The van der Waals surface area contributed by atoms with Gasteiger partial charge in [-0.05, 0) is 26.0 Å². The van der Waals surface area contributed by atoms with E-state index in [1.165, 1.54) is 6.07 Å². The fraction of sp³-hybridized carbons (Fsp3) is 0.455. The molecule has 0 saturated carbocycles. The molecule has 0 aliphatic rings. The first-order chi connectivity index (χ1) is 8.02. The van der Waals surface area contributed by atoms with Gasteiger partial charge in [-0.15, -0.1) is 0 Å². The number of halogens is 2. The molecular formula is C11H15F2O3P. The van der Waals surface area contributed by atoms with Gasteiger partial charge in [0, 0.05) is 5.56 Å². The van der Waals surface area contributed by atoms with Gasteiger partial charge in [-0.3, -0.25) is 4.57 Å². The number of rotatable bonds is 6. The second-order valence-electron chi connectivity index (χ2n) is 3.30. The summed E-state index contributed by atoms with van der Waals surface area (Å²) in [7, 11) is -3.48. The molecule has 3 nitrogen and oxygen atoms in total. The van der Waals surface area contributed by atoms with E-state index in [0.29, 0.717) is 0 Å². The quantitative estimate of drug-likeness (QED) is 0.734. The van der Waals surface area contributed by atoms with Crippen molar-refractivity contribution in [1.29, 1.82) is 0 Å². The first kappa shape index (κ1) is 14.3. The van der Waals surface area contributed by atoms with Crippen LogP contribution in [0.3, 0.4) is 0 Å². The van der Waals surface area contributed by atoms with Crippen molar-refractivity contribution in [3.8, 4) is 0 Å². The summed E-state index contributed by atoms with van der Waals surface area (Å²) in [5, 5.41) is 0. The molecule has 0 atom stereocenters. The smallest absolute Gasteiger partial charge is 0.309 e. The molecule has 96 valence electrons. The first-order valence-corrected chi connectivity index (χ1v) is 7.06. The Balaban J connectivity index is 2.97. The van der Waals surface area contributed by atoms with Crippen LogP contribution in [0, 0.1) is 11.6 Å². The van der Waals surface area contributed by atoms with E-state index in [-0.39, 0.29) is 18.8 Å². The lowest BCUT2D eigenvalue weighted by atomic mass is 10.2. The van der Waals surface area contributed by atoms with Crippen LogP contribution in [0.4, 0.5) is 8.78 Å². The molecule has 1 aromatic rings. The molecule has 6 heteroatoms. The van der Waals surface area contributed by atoms with E-state index in [2.05, 4.69) is 0 Å². The van der Waals surface area contributed by atoms with Gasteiger partial charge in [-0.25, -0.2) is 8.78 Å². The fourth-order valence-electron chi connectivity index (χ4n) is 1.40. The minimum absolute atomic E-state index is 0.160. The van der Waals surface area contributed by atoms with Crippen LogP contribution in [0.2, 0.25) is 0 Å². The van der Waals surface area contributed by atoms with Crippen LogP contribution in [-0.2, 0) is 19.8 Å². The summed E-state index contributed by atoms with van der Waals surface area (Å²) in [6.45, 7) is 3.60. The van der Waals surface area contributed by atoms with Gasteiger partial charge in [0.2, 0.25) is 0 Å². The SMILES string of the molecule is CCOP(=O)(Cc1c(F)cccc1F)OCC. The number of benzene rings is 1. The molecule has 0 heterocycles. The molecule has 0 aliphatic heterocycles. The standard InChI is InChI=1S/C11H15F2O3P/c1-3-15-17(14,16-4-2)8-9-10(12)6-5-7-11(9)13/h5-7H,3-4,8H2,1-2H3.